The molecule has 2 rings (SSSR count). The van der Waals surface area contributed by atoms with E-state index in [0.29, 0.717) is 0 Å². The van der Waals surface area contributed by atoms with Crippen LogP contribution < -0.4 is 10.6 Å². The second-order valence-corrected chi connectivity index (χ2v) is 4.48. The van der Waals surface area contributed by atoms with Gasteiger partial charge in [0.15, 0.2) is 0 Å². The van der Waals surface area contributed by atoms with E-state index in [9.17, 15) is 14.7 Å². The van der Waals surface area contributed by atoms with Gasteiger partial charge in [-0.1, -0.05) is 0 Å². The summed E-state index contributed by atoms with van der Waals surface area (Å²) in [6, 6.07) is -0.873. The molecular weight excluding hydrogens is 228 g/mol. The topological polar surface area (TPSA) is 108 Å². The number of rotatable bonds is 2. The zero-order valence-electron chi connectivity index (χ0n) is 9.42. The highest BCUT2D eigenvalue weighted by atomic mass is 16.5. The molecule has 2 heterocycles. The molecule has 0 aromatic heterocycles. The summed E-state index contributed by atoms with van der Waals surface area (Å²) >= 11 is 0. The monoisotopic (exact) mass is 244 g/mol. The van der Waals surface area contributed by atoms with Gasteiger partial charge in [0, 0.05) is 12.5 Å². The average Bonchev–Trinajstić information content (AvgIpc) is 2.57. The van der Waals surface area contributed by atoms with Crippen LogP contribution in [0.1, 0.15) is 13.3 Å². The molecule has 2 fully saturated rings. The molecule has 2 aliphatic heterocycles. The zero-order chi connectivity index (χ0) is 12.6. The number of hydrogen-bond donors (Lipinski definition) is 4. The van der Waals surface area contributed by atoms with Crippen LogP contribution >= 0.6 is 0 Å². The Balaban J connectivity index is 2.07. The fourth-order valence-electron chi connectivity index (χ4n) is 2.40. The van der Waals surface area contributed by atoms with Crippen LogP contribution in [0.25, 0.3) is 0 Å². The van der Waals surface area contributed by atoms with Gasteiger partial charge >= 0.3 is 6.03 Å². The summed E-state index contributed by atoms with van der Waals surface area (Å²) in [4.78, 5) is 22.8. The number of carbonyl (C=O) groups excluding carboxylic acids is 2. The van der Waals surface area contributed by atoms with Gasteiger partial charge in [0.2, 0.25) is 5.91 Å². The van der Waals surface area contributed by atoms with Crippen LogP contribution in [0.15, 0.2) is 0 Å². The number of ether oxygens (including phenoxy) is 1. The lowest BCUT2D eigenvalue weighted by atomic mass is 9.90. The van der Waals surface area contributed by atoms with Crippen LogP contribution in [-0.2, 0) is 9.53 Å². The lowest BCUT2D eigenvalue weighted by molar-refractivity contribution is -0.132. The van der Waals surface area contributed by atoms with Crippen LogP contribution in [-0.4, -0.2) is 53.1 Å². The van der Waals surface area contributed by atoms with Crippen LogP contribution in [0, 0.1) is 5.92 Å². The zero-order valence-corrected chi connectivity index (χ0v) is 9.42. The minimum absolute atomic E-state index is 0.281. The highest BCUT2D eigenvalue weighted by molar-refractivity contribution is 5.98. The lowest BCUT2D eigenvalue weighted by Crippen LogP contribution is -2.60. The molecule has 0 bridgehead atoms. The maximum Gasteiger partial charge on any atom is 0.321 e. The Hall–Kier alpha value is -1.18. The number of aliphatic hydroxyl groups excluding tert-OH is 2. The van der Waals surface area contributed by atoms with Gasteiger partial charge < -0.3 is 20.3 Å². The summed E-state index contributed by atoms with van der Waals surface area (Å²) < 4.78 is 5.43. The molecule has 2 aliphatic rings. The van der Waals surface area contributed by atoms with E-state index in [1.165, 1.54) is 0 Å². The van der Waals surface area contributed by atoms with Crippen molar-refractivity contribution >= 4 is 11.9 Å². The minimum atomic E-state index is -0.775. The van der Waals surface area contributed by atoms with Gasteiger partial charge in [-0.2, -0.15) is 0 Å². The second kappa shape index (κ2) is 4.59. The minimum Gasteiger partial charge on any atom is -0.394 e. The highest BCUT2D eigenvalue weighted by Gasteiger charge is 2.45. The molecule has 0 aromatic rings. The number of aliphatic hydroxyl groups is 2. The summed E-state index contributed by atoms with van der Waals surface area (Å²) in [5.41, 5.74) is 0. The Labute approximate surface area is 98.1 Å². The Bertz CT molecular complexity index is 335. The van der Waals surface area contributed by atoms with E-state index >= 15 is 0 Å². The molecule has 96 valence electrons. The number of hydrogen-bond acceptors (Lipinski definition) is 5. The van der Waals surface area contributed by atoms with Crippen molar-refractivity contribution < 1.29 is 24.5 Å². The van der Waals surface area contributed by atoms with Crippen molar-refractivity contribution in [2.75, 3.05) is 6.61 Å². The van der Waals surface area contributed by atoms with Gasteiger partial charge in [-0.15, -0.1) is 0 Å². The SMILES string of the molecule is CC1NC(=O)NC(=O)C1C1CC(O)C(CO)O1. The molecule has 0 aromatic carbocycles. The van der Waals surface area contributed by atoms with Gasteiger partial charge in [-0.05, 0) is 6.92 Å². The van der Waals surface area contributed by atoms with E-state index in [1.54, 1.807) is 6.92 Å². The van der Waals surface area contributed by atoms with E-state index < -0.39 is 36.2 Å². The van der Waals surface area contributed by atoms with Crippen molar-refractivity contribution in [3.63, 3.8) is 0 Å². The van der Waals surface area contributed by atoms with Crippen LogP contribution in [0.2, 0.25) is 0 Å². The third kappa shape index (κ3) is 2.26. The third-order valence-corrected chi connectivity index (χ3v) is 3.27. The normalized spacial score (nSPS) is 42.2. The first-order valence-corrected chi connectivity index (χ1v) is 5.58. The van der Waals surface area contributed by atoms with Crippen molar-refractivity contribution in [1.82, 2.24) is 10.6 Å². The van der Waals surface area contributed by atoms with E-state index in [0.717, 1.165) is 0 Å². The van der Waals surface area contributed by atoms with Gasteiger partial charge in [0.05, 0.1) is 24.7 Å². The van der Waals surface area contributed by atoms with Crippen LogP contribution in [0.4, 0.5) is 4.79 Å². The smallest absolute Gasteiger partial charge is 0.321 e. The highest BCUT2D eigenvalue weighted by Crippen LogP contribution is 2.28. The third-order valence-electron chi connectivity index (χ3n) is 3.27. The number of amides is 3. The van der Waals surface area contributed by atoms with Gasteiger partial charge in [0.1, 0.15) is 6.10 Å². The van der Waals surface area contributed by atoms with Crippen molar-refractivity contribution in [3.05, 3.63) is 0 Å². The van der Waals surface area contributed by atoms with Crippen LogP contribution in [0.3, 0.4) is 0 Å². The van der Waals surface area contributed by atoms with Gasteiger partial charge in [-0.3, -0.25) is 10.1 Å². The predicted molar refractivity (Wildman–Crippen MR) is 56.0 cm³/mol. The molecule has 17 heavy (non-hydrogen) atoms. The molecule has 7 heteroatoms. The quantitative estimate of drug-likeness (QED) is 0.465. The van der Waals surface area contributed by atoms with E-state index in [2.05, 4.69) is 10.6 Å². The van der Waals surface area contributed by atoms with Crippen LogP contribution in [0.5, 0.6) is 0 Å². The summed E-state index contributed by atoms with van der Waals surface area (Å²) in [5.74, 6) is -0.948. The van der Waals surface area contributed by atoms with E-state index in [1.807, 2.05) is 0 Å². The first-order valence-electron chi connectivity index (χ1n) is 5.58. The number of nitrogens with one attached hydrogen (secondary N) is 2. The fraction of sp³-hybridized carbons (Fsp3) is 0.800. The van der Waals surface area contributed by atoms with Crippen molar-refractivity contribution in [3.8, 4) is 0 Å². The Morgan fingerprint density at radius 1 is 1.47 bits per heavy atom. The molecule has 0 radical (unpaired) electrons. The molecule has 0 saturated carbocycles. The predicted octanol–water partition coefficient (Wildman–Crippen LogP) is -1.66. The fourth-order valence-corrected chi connectivity index (χ4v) is 2.40. The molecule has 3 amide bonds. The number of imide groups is 1. The van der Waals surface area contributed by atoms with Crippen molar-refractivity contribution in [2.24, 2.45) is 5.92 Å². The summed E-state index contributed by atoms with van der Waals surface area (Å²) in [6.45, 7) is 1.43. The van der Waals surface area contributed by atoms with E-state index in [4.69, 9.17) is 9.84 Å². The Kier molecular flexibility index (Phi) is 3.32. The summed E-state index contributed by atoms with van der Waals surface area (Å²) in [6.07, 6.45) is -1.64. The molecule has 0 spiro atoms. The number of urea groups is 1. The van der Waals surface area contributed by atoms with Gasteiger partial charge in [0.25, 0.3) is 0 Å². The standard InChI is InChI=1S/C10H16N2O5/c1-4-8(9(15)12-10(16)11-4)6-2-5(14)7(3-13)17-6/h4-8,13-14H,2-3H2,1H3,(H2,11,12,15,16). The van der Waals surface area contributed by atoms with Crippen molar-refractivity contribution in [1.29, 1.82) is 0 Å². The number of carbonyl (C=O) groups is 2. The largest absolute Gasteiger partial charge is 0.394 e. The molecule has 0 aliphatic carbocycles. The first kappa shape index (κ1) is 12.3. The lowest BCUT2D eigenvalue weighted by Gasteiger charge is -2.32. The average molecular weight is 244 g/mol. The molecule has 7 nitrogen and oxygen atoms in total. The first-order chi connectivity index (χ1) is 8.02. The molecule has 2 saturated heterocycles. The maximum atomic E-state index is 11.7. The summed E-state index contributed by atoms with van der Waals surface area (Å²) in [5, 5.41) is 23.3. The summed E-state index contributed by atoms with van der Waals surface area (Å²) in [7, 11) is 0. The van der Waals surface area contributed by atoms with E-state index in [-0.39, 0.29) is 19.1 Å². The Morgan fingerprint density at radius 3 is 2.71 bits per heavy atom. The molecule has 5 atom stereocenters. The molecule has 4 N–H and O–H groups in total. The second-order valence-electron chi connectivity index (χ2n) is 4.48. The Morgan fingerprint density at radius 2 is 2.18 bits per heavy atom. The molecule has 5 unspecified atom stereocenters. The van der Waals surface area contributed by atoms with Gasteiger partial charge in [-0.25, -0.2) is 4.79 Å². The molecular formula is C10H16N2O5. The maximum absolute atomic E-state index is 11.7. The van der Waals surface area contributed by atoms with Crippen molar-refractivity contribution in [2.45, 2.75) is 37.7 Å².